The lowest BCUT2D eigenvalue weighted by Gasteiger charge is -2.25. The number of benzene rings is 2. The van der Waals surface area contributed by atoms with E-state index in [4.69, 9.17) is 14.2 Å². The Balaban J connectivity index is 2.12. The van der Waals surface area contributed by atoms with E-state index >= 15 is 0 Å². The Morgan fingerprint density at radius 3 is 2.10 bits per heavy atom. The van der Waals surface area contributed by atoms with Crippen molar-refractivity contribution in [3.63, 3.8) is 0 Å². The van der Waals surface area contributed by atoms with Crippen LogP contribution in [0.25, 0.3) is 5.57 Å². The molecule has 31 heavy (non-hydrogen) atoms. The Morgan fingerprint density at radius 1 is 0.871 bits per heavy atom. The minimum Gasteiger partial charge on any atom is -0.497 e. The Hall–Kier alpha value is -3.16. The molecule has 164 valence electrons. The normalized spacial score (nSPS) is 13.9. The third kappa shape index (κ3) is 4.78. The molecule has 7 heteroatoms. The second-order valence-corrected chi connectivity index (χ2v) is 7.21. The number of imide groups is 1. The van der Waals surface area contributed by atoms with Crippen LogP contribution in [-0.2, 0) is 19.1 Å². The molecule has 2 amide bonds. The lowest BCUT2D eigenvalue weighted by molar-refractivity contribution is -0.120. The zero-order valence-electron chi connectivity index (χ0n) is 18.4. The summed E-state index contributed by atoms with van der Waals surface area (Å²) >= 11 is 0. The van der Waals surface area contributed by atoms with Crippen LogP contribution in [0.2, 0.25) is 0 Å². The topological polar surface area (TPSA) is 68.3 Å². The number of methoxy groups -OCH3 is 3. The van der Waals surface area contributed by atoms with E-state index < -0.39 is 0 Å². The first-order chi connectivity index (χ1) is 15.0. The number of amides is 2. The predicted octanol–water partition coefficient (Wildman–Crippen LogP) is 2.88. The average Bonchev–Trinajstić information content (AvgIpc) is 3.04. The van der Waals surface area contributed by atoms with Crippen LogP contribution in [0.4, 0.5) is 5.69 Å². The molecule has 1 aliphatic rings. The van der Waals surface area contributed by atoms with Gasteiger partial charge in [0.1, 0.15) is 11.4 Å². The van der Waals surface area contributed by atoms with E-state index in [1.165, 1.54) is 4.90 Å². The molecule has 0 saturated carbocycles. The fourth-order valence-electron chi connectivity index (χ4n) is 3.51. The van der Waals surface area contributed by atoms with Gasteiger partial charge < -0.3 is 19.1 Å². The highest BCUT2D eigenvalue weighted by Crippen LogP contribution is 2.35. The molecule has 1 aliphatic heterocycles. The lowest BCUT2D eigenvalue weighted by atomic mass is 10.0. The van der Waals surface area contributed by atoms with Gasteiger partial charge in [0.15, 0.2) is 0 Å². The molecule has 1 heterocycles. The third-order valence-corrected chi connectivity index (χ3v) is 5.16. The van der Waals surface area contributed by atoms with Crippen LogP contribution < -0.4 is 9.64 Å². The standard InChI is InChI=1S/C24H28N2O5/c1-17-8-10-18(11-9-17)21-22(25(12-14-29-2)13-15-30-3)24(28)26(23(21)27)19-6-5-7-20(16-19)31-4/h5-11,16H,12-15H2,1-4H3. The third-order valence-electron chi connectivity index (χ3n) is 5.16. The van der Waals surface area contributed by atoms with Crippen LogP contribution in [0.15, 0.2) is 54.2 Å². The SMILES string of the molecule is COCCN(CCOC)C1=C(c2ccc(C)cc2)C(=O)N(c2cccc(OC)c2)C1=O. The van der Waals surface area contributed by atoms with Gasteiger partial charge in [-0.25, -0.2) is 4.90 Å². The van der Waals surface area contributed by atoms with Crippen LogP contribution in [-0.4, -0.2) is 64.3 Å². The van der Waals surface area contributed by atoms with E-state index in [9.17, 15) is 9.59 Å². The maximum Gasteiger partial charge on any atom is 0.282 e. The van der Waals surface area contributed by atoms with Gasteiger partial charge in [-0.2, -0.15) is 0 Å². The van der Waals surface area contributed by atoms with Crippen LogP contribution in [0.5, 0.6) is 5.75 Å². The zero-order valence-corrected chi connectivity index (χ0v) is 18.4. The van der Waals surface area contributed by atoms with Crippen molar-refractivity contribution < 1.29 is 23.8 Å². The highest BCUT2D eigenvalue weighted by atomic mass is 16.5. The zero-order chi connectivity index (χ0) is 22.4. The molecule has 7 nitrogen and oxygen atoms in total. The van der Waals surface area contributed by atoms with Crippen molar-refractivity contribution in [1.82, 2.24) is 4.90 Å². The largest absolute Gasteiger partial charge is 0.497 e. The molecule has 0 bridgehead atoms. The van der Waals surface area contributed by atoms with E-state index in [1.807, 2.05) is 36.1 Å². The van der Waals surface area contributed by atoms with Crippen LogP contribution >= 0.6 is 0 Å². The first kappa shape index (κ1) is 22.5. The molecule has 0 saturated heterocycles. The average molecular weight is 424 g/mol. The van der Waals surface area contributed by atoms with Crippen molar-refractivity contribution in [3.05, 3.63) is 65.4 Å². The number of carbonyl (C=O) groups is 2. The van der Waals surface area contributed by atoms with Gasteiger partial charge in [0.25, 0.3) is 11.8 Å². The summed E-state index contributed by atoms with van der Waals surface area (Å²) in [5.41, 5.74) is 2.96. The molecule has 0 atom stereocenters. The van der Waals surface area contributed by atoms with Gasteiger partial charge in [0, 0.05) is 33.4 Å². The van der Waals surface area contributed by atoms with Gasteiger partial charge in [-0.3, -0.25) is 9.59 Å². The molecule has 0 aromatic heterocycles. The highest BCUT2D eigenvalue weighted by molar-refractivity contribution is 6.45. The summed E-state index contributed by atoms with van der Waals surface area (Å²) < 4.78 is 15.8. The van der Waals surface area contributed by atoms with Crippen molar-refractivity contribution in [2.24, 2.45) is 0 Å². The molecule has 2 aromatic carbocycles. The summed E-state index contributed by atoms with van der Waals surface area (Å²) in [7, 11) is 4.76. The molecule has 0 spiro atoms. The van der Waals surface area contributed by atoms with Gasteiger partial charge in [0.05, 0.1) is 31.6 Å². The number of carbonyl (C=O) groups excluding carboxylic acids is 2. The van der Waals surface area contributed by atoms with Gasteiger partial charge in [0.2, 0.25) is 0 Å². The molecule has 0 unspecified atom stereocenters. The van der Waals surface area contributed by atoms with E-state index in [0.29, 0.717) is 54.6 Å². The summed E-state index contributed by atoms with van der Waals surface area (Å²) in [6, 6.07) is 14.5. The highest BCUT2D eigenvalue weighted by Gasteiger charge is 2.42. The lowest BCUT2D eigenvalue weighted by Crippen LogP contribution is -2.37. The summed E-state index contributed by atoms with van der Waals surface area (Å²) in [6.07, 6.45) is 0. The minimum atomic E-state index is -0.374. The second-order valence-electron chi connectivity index (χ2n) is 7.21. The van der Waals surface area contributed by atoms with Gasteiger partial charge in [-0.05, 0) is 24.6 Å². The second kappa shape index (κ2) is 10.2. The fraction of sp³-hybridized carbons (Fsp3) is 0.333. The van der Waals surface area contributed by atoms with E-state index in [0.717, 1.165) is 5.56 Å². The number of hydrogen-bond acceptors (Lipinski definition) is 6. The van der Waals surface area contributed by atoms with E-state index in [-0.39, 0.29) is 11.8 Å². The molecule has 0 N–H and O–H groups in total. The number of anilines is 1. The Kier molecular flexibility index (Phi) is 7.44. The van der Waals surface area contributed by atoms with Crippen molar-refractivity contribution in [2.75, 3.05) is 52.5 Å². The minimum absolute atomic E-state index is 0.353. The number of rotatable bonds is 10. The summed E-state index contributed by atoms with van der Waals surface area (Å²) in [6.45, 7) is 3.71. The first-order valence-corrected chi connectivity index (χ1v) is 10.1. The number of hydrogen-bond donors (Lipinski definition) is 0. The molecule has 0 aliphatic carbocycles. The molecular formula is C24H28N2O5. The van der Waals surface area contributed by atoms with Crippen LogP contribution in [0, 0.1) is 6.92 Å². The van der Waals surface area contributed by atoms with Gasteiger partial charge in [-0.1, -0.05) is 35.9 Å². The maximum absolute atomic E-state index is 13.6. The van der Waals surface area contributed by atoms with Crippen molar-refractivity contribution in [2.45, 2.75) is 6.92 Å². The predicted molar refractivity (Wildman–Crippen MR) is 119 cm³/mol. The Labute approximate surface area is 182 Å². The number of ether oxygens (including phenoxy) is 3. The van der Waals surface area contributed by atoms with Crippen molar-refractivity contribution >= 4 is 23.1 Å². The maximum atomic E-state index is 13.6. The molecule has 0 fully saturated rings. The quantitative estimate of drug-likeness (QED) is 0.547. The van der Waals surface area contributed by atoms with Gasteiger partial charge >= 0.3 is 0 Å². The monoisotopic (exact) mass is 424 g/mol. The number of aryl methyl sites for hydroxylation is 1. The van der Waals surface area contributed by atoms with E-state index in [1.54, 1.807) is 45.6 Å². The fourth-order valence-corrected chi connectivity index (χ4v) is 3.51. The molecular weight excluding hydrogens is 396 g/mol. The Bertz CT molecular complexity index is 960. The summed E-state index contributed by atoms with van der Waals surface area (Å²) in [4.78, 5) is 30.3. The van der Waals surface area contributed by atoms with Crippen LogP contribution in [0.3, 0.4) is 0 Å². The van der Waals surface area contributed by atoms with Crippen molar-refractivity contribution in [3.8, 4) is 5.75 Å². The molecule has 2 aromatic rings. The van der Waals surface area contributed by atoms with Crippen molar-refractivity contribution in [1.29, 1.82) is 0 Å². The van der Waals surface area contributed by atoms with Crippen LogP contribution in [0.1, 0.15) is 11.1 Å². The number of nitrogens with zero attached hydrogens (tertiary/aromatic N) is 2. The van der Waals surface area contributed by atoms with E-state index in [2.05, 4.69) is 0 Å². The smallest absolute Gasteiger partial charge is 0.282 e. The molecule has 3 rings (SSSR count). The molecule has 0 radical (unpaired) electrons. The summed E-state index contributed by atoms with van der Waals surface area (Å²) in [5, 5.41) is 0. The van der Waals surface area contributed by atoms with Gasteiger partial charge in [-0.15, -0.1) is 0 Å². The summed E-state index contributed by atoms with van der Waals surface area (Å²) in [5.74, 6) is -0.169. The Morgan fingerprint density at radius 2 is 1.52 bits per heavy atom. The first-order valence-electron chi connectivity index (χ1n) is 10.1.